The van der Waals surface area contributed by atoms with E-state index in [1.54, 1.807) is 0 Å². The highest BCUT2D eigenvalue weighted by Gasteiger charge is 2.29. The maximum absolute atomic E-state index is 10.4. The summed E-state index contributed by atoms with van der Waals surface area (Å²) in [5.41, 5.74) is 1.07. The lowest BCUT2D eigenvalue weighted by Gasteiger charge is -2.32. The van der Waals surface area contributed by atoms with Crippen LogP contribution in [0.2, 0.25) is 5.15 Å². The lowest BCUT2D eigenvalue weighted by atomic mass is 9.94. The first kappa shape index (κ1) is 13.8. The van der Waals surface area contributed by atoms with E-state index in [9.17, 15) is 5.11 Å². The van der Waals surface area contributed by atoms with Crippen molar-refractivity contribution in [2.45, 2.75) is 25.0 Å². The minimum atomic E-state index is -0.675. The highest BCUT2D eigenvalue weighted by molar-refractivity contribution is 6.30. The molecule has 0 unspecified atom stereocenters. The molecule has 108 valence electrons. The van der Waals surface area contributed by atoms with E-state index in [4.69, 9.17) is 16.3 Å². The van der Waals surface area contributed by atoms with Crippen molar-refractivity contribution in [2.24, 2.45) is 0 Å². The Hall–Kier alpha value is -1.14. The van der Waals surface area contributed by atoms with Crippen molar-refractivity contribution in [1.82, 2.24) is 14.7 Å². The number of nitrogens with zero attached hydrogens (tertiary/aromatic N) is 2. The molecule has 0 atom stereocenters. The van der Waals surface area contributed by atoms with Gasteiger partial charge in [-0.25, -0.2) is 4.98 Å². The molecule has 1 aliphatic heterocycles. The average Bonchev–Trinajstić information content (AvgIpc) is 2.76. The van der Waals surface area contributed by atoms with Gasteiger partial charge in [0.1, 0.15) is 5.65 Å². The van der Waals surface area contributed by atoms with Crippen LogP contribution in [0.25, 0.3) is 5.65 Å². The van der Waals surface area contributed by atoms with Crippen molar-refractivity contribution in [3.8, 4) is 0 Å². The maximum atomic E-state index is 10.4. The molecule has 3 heterocycles. The van der Waals surface area contributed by atoms with Gasteiger partial charge in [-0.2, -0.15) is 0 Å². The number of halogens is 1. The van der Waals surface area contributed by atoms with E-state index < -0.39 is 5.60 Å². The predicted octanol–water partition coefficient (Wildman–Crippen LogP) is 1.62. The number of imidazole rings is 1. The van der Waals surface area contributed by atoms with E-state index in [0.717, 1.165) is 11.3 Å². The Morgan fingerprint density at radius 3 is 3.00 bits per heavy atom. The first-order valence-electron chi connectivity index (χ1n) is 6.80. The smallest absolute Gasteiger partial charge is 0.152 e. The summed E-state index contributed by atoms with van der Waals surface area (Å²) in [6, 6.07) is 5.79. The van der Waals surface area contributed by atoms with E-state index >= 15 is 0 Å². The Kier molecular flexibility index (Phi) is 3.94. The van der Waals surface area contributed by atoms with Crippen LogP contribution in [-0.2, 0) is 11.3 Å². The van der Waals surface area contributed by atoms with Crippen LogP contribution in [0.5, 0.6) is 0 Å². The summed E-state index contributed by atoms with van der Waals surface area (Å²) in [6.07, 6.45) is 3.27. The van der Waals surface area contributed by atoms with Crippen molar-refractivity contribution < 1.29 is 9.84 Å². The number of ether oxygens (including phenoxy) is 1. The van der Waals surface area contributed by atoms with Gasteiger partial charge >= 0.3 is 0 Å². The molecule has 0 radical (unpaired) electrons. The summed E-state index contributed by atoms with van der Waals surface area (Å²) in [5, 5.41) is 14.2. The van der Waals surface area contributed by atoms with Crippen molar-refractivity contribution in [2.75, 3.05) is 19.8 Å². The van der Waals surface area contributed by atoms with Gasteiger partial charge in [0.05, 0.1) is 11.3 Å². The summed E-state index contributed by atoms with van der Waals surface area (Å²) >= 11 is 6.17. The molecule has 0 bridgehead atoms. The lowest BCUT2D eigenvalue weighted by Crippen LogP contribution is -2.44. The predicted molar refractivity (Wildman–Crippen MR) is 76.9 cm³/mol. The fraction of sp³-hybridized carbons (Fsp3) is 0.500. The molecule has 1 fully saturated rings. The summed E-state index contributed by atoms with van der Waals surface area (Å²) in [5.74, 6) is 0. The molecule has 1 saturated heterocycles. The van der Waals surface area contributed by atoms with Crippen LogP contribution in [-0.4, -0.2) is 39.9 Å². The van der Waals surface area contributed by atoms with Gasteiger partial charge in [-0.1, -0.05) is 17.7 Å². The van der Waals surface area contributed by atoms with Crippen LogP contribution in [0.1, 0.15) is 18.5 Å². The molecular formula is C14H18ClN3O2. The quantitative estimate of drug-likeness (QED) is 0.900. The molecule has 0 saturated carbocycles. The molecule has 0 amide bonds. The van der Waals surface area contributed by atoms with Crippen LogP contribution >= 0.6 is 11.6 Å². The minimum absolute atomic E-state index is 0.502. The number of pyridine rings is 1. The summed E-state index contributed by atoms with van der Waals surface area (Å²) in [7, 11) is 0. The molecule has 3 rings (SSSR count). The zero-order chi connectivity index (χ0) is 14.0. The molecule has 6 heteroatoms. The van der Waals surface area contributed by atoms with Gasteiger partial charge in [0.15, 0.2) is 5.15 Å². The molecule has 0 aromatic carbocycles. The number of aliphatic hydroxyl groups is 1. The van der Waals surface area contributed by atoms with Gasteiger partial charge < -0.3 is 19.6 Å². The second kappa shape index (κ2) is 5.69. The van der Waals surface area contributed by atoms with Crippen molar-refractivity contribution in [3.05, 3.63) is 35.2 Å². The second-order valence-corrected chi connectivity index (χ2v) is 5.58. The second-order valence-electron chi connectivity index (χ2n) is 5.22. The molecule has 0 aliphatic carbocycles. The summed E-state index contributed by atoms with van der Waals surface area (Å²) < 4.78 is 7.23. The highest BCUT2D eigenvalue weighted by atomic mass is 35.5. The standard InChI is InChI=1S/C14H18ClN3O2/c15-13-11(18-6-2-1-3-12(18)17-13)9-16-10-14(19)4-7-20-8-5-14/h1-3,6,16,19H,4-5,7-10H2. The van der Waals surface area contributed by atoms with E-state index in [1.165, 1.54) is 0 Å². The van der Waals surface area contributed by atoms with Crippen molar-refractivity contribution in [3.63, 3.8) is 0 Å². The maximum Gasteiger partial charge on any atom is 0.152 e. The molecule has 5 nitrogen and oxygen atoms in total. The van der Waals surface area contributed by atoms with Crippen LogP contribution < -0.4 is 5.32 Å². The summed E-state index contributed by atoms with van der Waals surface area (Å²) in [4.78, 5) is 4.30. The molecule has 2 N–H and O–H groups in total. The monoisotopic (exact) mass is 295 g/mol. The zero-order valence-electron chi connectivity index (χ0n) is 11.2. The third-order valence-electron chi connectivity index (χ3n) is 3.75. The topological polar surface area (TPSA) is 58.8 Å². The summed E-state index contributed by atoms with van der Waals surface area (Å²) in [6.45, 7) is 2.35. The van der Waals surface area contributed by atoms with E-state index in [0.29, 0.717) is 44.3 Å². The lowest BCUT2D eigenvalue weighted by molar-refractivity contribution is -0.0617. The van der Waals surface area contributed by atoms with Crippen molar-refractivity contribution >= 4 is 17.2 Å². The van der Waals surface area contributed by atoms with Crippen LogP contribution in [0.15, 0.2) is 24.4 Å². The molecule has 2 aromatic heterocycles. The van der Waals surface area contributed by atoms with E-state index in [2.05, 4.69) is 10.3 Å². The molecule has 2 aromatic rings. The minimum Gasteiger partial charge on any atom is -0.388 e. The Balaban J connectivity index is 1.66. The van der Waals surface area contributed by atoms with Gasteiger partial charge in [-0.3, -0.25) is 0 Å². The Morgan fingerprint density at radius 1 is 1.40 bits per heavy atom. The third kappa shape index (κ3) is 2.81. The Morgan fingerprint density at radius 2 is 2.20 bits per heavy atom. The van der Waals surface area contributed by atoms with E-state index in [1.807, 2.05) is 28.8 Å². The van der Waals surface area contributed by atoms with Crippen LogP contribution in [0.4, 0.5) is 0 Å². The molecular weight excluding hydrogens is 278 g/mol. The SMILES string of the molecule is OC1(CNCc2c(Cl)nc3ccccn23)CCOCC1. The Labute approximate surface area is 122 Å². The average molecular weight is 296 g/mol. The normalized spacial score (nSPS) is 18.5. The van der Waals surface area contributed by atoms with Crippen LogP contribution in [0.3, 0.4) is 0 Å². The number of rotatable bonds is 4. The molecule has 1 aliphatic rings. The fourth-order valence-corrected chi connectivity index (χ4v) is 2.76. The van der Waals surface area contributed by atoms with Gasteiger partial charge in [0.25, 0.3) is 0 Å². The van der Waals surface area contributed by atoms with Gasteiger partial charge in [-0.15, -0.1) is 0 Å². The fourth-order valence-electron chi connectivity index (χ4n) is 2.52. The van der Waals surface area contributed by atoms with Crippen LogP contribution in [0, 0.1) is 0 Å². The first-order chi connectivity index (χ1) is 9.68. The largest absolute Gasteiger partial charge is 0.388 e. The first-order valence-corrected chi connectivity index (χ1v) is 7.18. The number of aromatic nitrogens is 2. The zero-order valence-corrected chi connectivity index (χ0v) is 11.9. The van der Waals surface area contributed by atoms with Gasteiger partial charge in [0.2, 0.25) is 0 Å². The number of hydrogen-bond acceptors (Lipinski definition) is 4. The van der Waals surface area contributed by atoms with Gasteiger partial charge in [0, 0.05) is 45.3 Å². The van der Waals surface area contributed by atoms with E-state index in [-0.39, 0.29) is 0 Å². The Bertz CT molecular complexity index is 593. The number of nitrogens with one attached hydrogen (secondary N) is 1. The molecule has 0 spiro atoms. The third-order valence-corrected chi connectivity index (χ3v) is 4.05. The number of hydrogen-bond donors (Lipinski definition) is 2. The molecule has 20 heavy (non-hydrogen) atoms. The van der Waals surface area contributed by atoms with Crippen molar-refractivity contribution in [1.29, 1.82) is 0 Å². The number of fused-ring (bicyclic) bond motifs is 1. The van der Waals surface area contributed by atoms with Gasteiger partial charge in [-0.05, 0) is 12.1 Å². The highest BCUT2D eigenvalue weighted by Crippen LogP contribution is 2.21.